The summed E-state index contributed by atoms with van der Waals surface area (Å²) < 4.78 is 0. The van der Waals surface area contributed by atoms with E-state index in [1.54, 1.807) is 24.3 Å². The Kier molecular flexibility index (Phi) is 2.85. The molecule has 3 N–H and O–H groups in total. The summed E-state index contributed by atoms with van der Waals surface area (Å²) in [7, 11) is 0. The average molecular weight is 240 g/mol. The second kappa shape index (κ2) is 4.15. The molecule has 1 aromatic carbocycles. The molecule has 1 aromatic heterocycles. The number of hydrogen-bond donors (Lipinski definition) is 3. The van der Waals surface area contributed by atoms with Crippen LogP contribution in [-0.2, 0) is 4.79 Å². The number of benzene rings is 1. The van der Waals surface area contributed by atoms with Crippen LogP contribution >= 0.6 is 11.6 Å². The lowest BCUT2D eigenvalue weighted by Crippen LogP contribution is -2.05. The van der Waals surface area contributed by atoms with Gasteiger partial charge in [-0.3, -0.25) is 4.79 Å². The molecule has 1 atom stereocenters. The van der Waals surface area contributed by atoms with E-state index in [2.05, 4.69) is 4.98 Å². The number of carboxylic acid groups (broad SMARTS) is 1. The molecule has 2 rings (SSSR count). The molecular formula is C11H10ClNO3. The summed E-state index contributed by atoms with van der Waals surface area (Å²) in [6.07, 6.45) is -1.34. The number of H-pyrrole nitrogens is 1. The molecule has 0 aliphatic heterocycles. The standard InChI is InChI=1S/C11H10ClNO3/c12-7-1-2-8-6(3-7)4-9(13-8)10(14)5-11(15)16/h1-4,10,13-14H,5H2,(H,15,16). The smallest absolute Gasteiger partial charge is 0.306 e. The minimum atomic E-state index is -1.04. The lowest BCUT2D eigenvalue weighted by Gasteiger charge is -2.03. The molecule has 0 aliphatic carbocycles. The monoisotopic (exact) mass is 239 g/mol. The molecule has 0 saturated heterocycles. The van der Waals surface area contributed by atoms with Crippen LogP contribution in [0.15, 0.2) is 24.3 Å². The summed E-state index contributed by atoms with van der Waals surface area (Å²) >= 11 is 5.82. The summed E-state index contributed by atoms with van der Waals surface area (Å²) in [5.74, 6) is -1.04. The fraction of sp³-hybridized carbons (Fsp3) is 0.182. The molecule has 4 nitrogen and oxygen atoms in total. The third kappa shape index (κ3) is 2.18. The first-order chi connectivity index (χ1) is 7.56. The van der Waals surface area contributed by atoms with Gasteiger partial charge < -0.3 is 15.2 Å². The number of fused-ring (bicyclic) bond motifs is 1. The van der Waals surface area contributed by atoms with Gasteiger partial charge in [-0.25, -0.2) is 0 Å². The van der Waals surface area contributed by atoms with Gasteiger partial charge in [0.1, 0.15) is 6.10 Å². The third-order valence-corrected chi connectivity index (χ3v) is 2.57. The summed E-state index contributed by atoms with van der Waals surface area (Å²) in [6.45, 7) is 0. The van der Waals surface area contributed by atoms with Crippen LogP contribution in [0.5, 0.6) is 0 Å². The first-order valence-electron chi connectivity index (χ1n) is 4.74. The minimum Gasteiger partial charge on any atom is -0.481 e. The molecule has 0 aliphatic rings. The fourth-order valence-corrected chi connectivity index (χ4v) is 1.76. The summed E-state index contributed by atoms with van der Waals surface area (Å²) in [5.41, 5.74) is 1.31. The van der Waals surface area contributed by atoms with E-state index < -0.39 is 12.1 Å². The lowest BCUT2D eigenvalue weighted by molar-refractivity contribution is -0.139. The zero-order valence-corrected chi connectivity index (χ0v) is 9.03. The molecule has 5 heteroatoms. The van der Waals surface area contributed by atoms with Gasteiger partial charge in [0, 0.05) is 21.6 Å². The summed E-state index contributed by atoms with van der Waals surface area (Å²) in [6, 6.07) is 6.97. The number of aromatic amines is 1. The van der Waals surface area contributed by atoms with E-state index in [0.717, 1.165) is 10.9 Å². The fourth-order valence-electron chi connectivity index (χ4n) is 1.58. The summed E-state index contributed by atoms with van der Waals surface area (Å²) in [5, 5.41) is 19.6. The maximum absolute atomic E-state index is 10.5. The quantitative estimate of drug-likeness (QED) is 0.770. The maximum Gasteiger partial charge on any atom is 0.306 e. The Morgan fingerprint density at radius 1 is 1.44 bits per heavy atom. The van der Waals surface area contributed by atoms with Crippen molar-refractivity contribution in [3.05, 3.63) is 35.0 Å². The van der Waals surface area contributed by atoms with Crippen molar-refractivity contribution in [2.75, 3.05) is 0 Å². The highest BCUT2D eigenvalue weighted by atomic mass is 35.5. The van der Waals surface area contributed by atoms with Gasteiger partial charge in [0.2, 0.25) is 0 Å². The van der Waals surface area contributed by atoms with Crippen molar-refractivity contribution in [1.82, 2.24) is 4.98 Å². The van der Waals surface area contributed by atoms with Gasteiger partial charge in [-0.05, 0) is 24.3 Å². The zero-order valence-electron chi connectivity index (χ0n) is 8.27. The van der Waals surface area contributed by atoms with Crippen LogP contribution in [-0.4, -0.2) is 21.2 Å². The highest BCUT2D eigenvalue weighted by molar-refractivity contribution is 6.31. The molecular weight excluding hydrogens is 230 g/mol. The van der Waals surface area contributed by atoms with Crippen molar-refractivity contribution in [2.45, 2.75) is 12.5 Å². The van der Waals surface area contributed by atoms with Crippen molar-refractivity contribution in [1.29, 1.82) is 0 Å². The molecule has 16 heavy (non-hydrogen) atoms. The van der Waals surface area contributed by atoms with E-state index in [1.807, 2.05) is 0 Å². The van der Waals surface area contributed by atoms with Crippen LogP contribution in [0.3, 0.4) is 0 Å². The number of aromatic nitrogens is 1. The van der Waals surface area contributed by atoms with Gasteiger partial charge in [0.15, 0.2) is 0 Å². The summed E-state index contributed by atoms with van der Waals surface area (Å²) in [4.78, 5) is 13.4. The van der Waals surface area contributed by atoms with Crippen molar-refractivity contribution in [3.63, 3.8) is 0 Å². The Morgan fingerprint density at radius 2 is 2.19 bits per heavy atom. The van der Waals surface area contributed by atoms with Crippen LogP contribution in [0.1, 0.15) is 18.2 Å². The third-order valence-electron chi connectivity index (χ3n) is 2.33. The van der Waals surface area contributed by atoms with Crippen molar-refractivity contribution in [2.24, 2.45) is 0 Å². The van der Waals surface area contributed by atoms with Gasteiger partial charge in [-0.15, -0.1) is 0 Å². The molecule has 1 unspecified atom stereocenters. The Bertz CT molecular complexity index is 535. The largest absolute Gasteiger partial charge is 0.481 e. The molecule has 0 bridgehead atoms. The molecule has 2 aromatic rings. The van der Waals surface area contributed by atoms with Crippen molar-refractivity contribution in [3.8, 4) is 0 Å². The predicted molar refractivity (Wildman–Crippen MR) is 60.5 cm³/mol. The predicted octanol–water partition coefficient (Wildman–Crippen LogP) is 2.33. The lowest BCUT2D eigenvalue weighted by atomic mass is 10.2. The van der Waals surface area contributed by atoms with E-state index in [9.17, 15) is 9.90 Å². The van der Waals surface area contributed by atoms with Crippen LogP contribution in [0.2, 0.25) is 5.02 Å². The number of aliphatic hydroxyl groups is 1. The van der Waals surface area contributed by atoms with Crippen LogP contribution in [0.4, 0.5) is 0 Å². The van der Waals surface area contributed by atoms with E-state index in [4.69, 9.17) is 16.7 Å². The maximum atomic E-state index is 10.5. The van der Waals surface area contributed by atoms with Crippen molar-refractivity contribution >= 4 is 28.5 Å². The van der Waals surface area contributed by atoms with Crippen molar-refractivity contribution < 1.29 is 15.0 Å². The number of aliphatic hydroxyl groups excluding tert-OH is 1. The molecule has 0 amide bonds. The van der Waals surface area contributed by atoms with Gasteiger partial charge >= 0.3 is 5.97 Å². The number of aliphatic carboxylic acids is 1. The molecule has 1 heterocycles. The van der Waals surface area contributed by atoms with Crippen LogP contribution in [0.25, 0.3) is 10.9 Å². The highest BCUT2D eigenvalue weighted by Crippen LogP contribution is 2.24. The molecule has 0 fully saturated rings. The number of carbonyl (C=O) groups is 1. The Hall–Kier alpha value is -1.52. The average Bonchev–Trinajstić information content (AvgIpc) is 2.59. The SMILES string of the molecule is O=C(O)CC(O)c1cc2cc(Cl)ccc2[nH]1. The molecule has 84 valence electrons. The van der Waals surface area contributed by atoms with Gasteiger partial charge in [0.05, 0.1) is 6.42 Å². The number of carboxylic acids is 1. The highest BCUT2D eigenvalue weighted by Gasteiger charge is 2.14. The Balaban J connectivity index is 2.35. The normalized spacial score (nSPS) is 12.9. The second-order valence-electron chi connectivity index (χ2n) is 3.57. The van der Waals surface area contributed by atoms with Gasteiger partial charge in [-0.1, -0.05) is 11.6 Å². The minimum absolute atomic E-state index is 0.319. The first kappa shape index (κ1) is 11.0. The number of nitrogens with one attached hydrogen (secondary N) is 1. The van der Waals surface area contributed by atoms with Crippen LogP contribution in [0, 0.1) is 0 Å². The zero-order chi connectivity index (χ0) is 11.7. The Morgan fingerprint density at radius 3 is 2.88 bits per heavy atom. The Labute approximate surface area is 96.5 Å². The topological polar surface area (TPSA) is 73.3 Å². The molecule has 0 saturated carbocycles. The first-order valence-corrected chi connectivity index (χ1v) is 5.12. The van der Waals surface area contributed by atoms with E-state index in [1.165, 1.54) is 0 Å². The van der Waals surface area contributed by atoms with E-state index >= 15 is 0 Å². The van der Waals surface area contributed by atoms with Gasteiger partial charge in [-0.2, -0.15) is 0 Å². The van der Waals surface area contributed by atoms with Crippen LogP contribution < -0.4 is 0 Å². The number of rotatable bonds is 3. The van der Waals surface area contributed by atoms with Gasteiger partial charge in [0.25, 0.3) is 0 Å². The number of halogens is 1. The second-order valence-corrected chi connectivity index (χ2v) is 4.01. The molecule has 0 spiro atoms. The molecule has 0 radical (unpaired) electrons. The van der Waals surface area contributed by atoms with E-state index in [0.29, 0.717) is 10.7 Å². The van der Waals surface area contributed by atoms with E-state index in [-0.39, 0.29) is 6.42 Å². The number of hydrogen-bond acceptors (Lipinski definition) is 2.